The van der Waals surface area contributed by atoms with Gasteiger partial charge in [-0.25, -0.2) is 9.97 Å². The number of pyridine rings is 1. The zero-order chi connectivity index (χ0) is 32.3. The summed E-state index contributed by atoms with van der Waals surface area (Å²) in [7, 11) is 1.64. The Bertz CT molecular complexity index is 1830. The first-order valence-electron chi connectivity index (χ1n) is 16.3. The van der Waals surface area contributed by atoms with Gasteiger partial charge in [0.15, 0.2) is 5.82 Å². The second kappa shape index (κ2) is 11.5. The lowest BCUT2D eigenvalue weighted by Gasteiger charge is -2.47. The van der Waals surface area contributed by atoms with Crippen LogP contribution in [0.1, 0.15) is 68.1 Å². The molecule has 3 aliphatic rings. The molecule has 0 atom stereocenters. The van der Waals surface area contributed by atoms with Gasteiger partial charge in [-0.15, -0.1) is 0 Å². The van der Waals surface area contributed by atoms with Crippen LogP contribution in [0.15, 0.2) is 48.8 Å². The second-order valence-electron chi connectivity index (χ2n) is 13.7. The average molecular weight is 622 g/mol. The van der Waals surface area contributed by atoms with E-state index < -0.39 is 5.41 Å². The number of fused-ring (bicyclic) bond motifs is 2. The minimum atomic E-state index is -0.591. The van der Waals surface area contributed by atoms with Gasteiger partial charge in [0.25, 0.3) is 5.91 Å². The number of rotatable bonds is 7. The summed E-state index contributed by atoms with van der Waals surface area (Å²) in [6, 6.07) is 14.9. The van der Waals surface area contributed by atoms with E-state index >= 15 is 0 Å². The van der Waals surface area contributed by atoms with Crippen molar-refractivity contribution in [2.75, 3.05) is 43.6 Å². The quantitative estimate of drug-likeness (QED) is 0.278. The first-order chi connectivity index (χ1) is 22.1. The van der Waals surface area contributed by atoms with E-state index in [1.807, 2.05) is 51.4 Å². The Hall–Kier alpha value is -4.28. The lowest BCUT2D eigenvalue weighted by Crippen LogP contribution is -2.58. The highest BCUT2D eigenvalue weighted by Crippen LogP contribution is 2.47. The number of imidazole rings is 1. The summed E-state index contributed by atoms with van der Waals surface area (Å²) in [5, 5.41) is 6.24. The summed E-state index contributed by atoms with van der Waals surface area (Å²) in [5.74, 6) is 0.687. The lowest BCUT2D eigenvalue weighted by molar-refractivity contribution is -0.123. The number of nitrogens with one attached hydrogen (secondary N) is 2. The average Bonchev–Trinajstić information content (AvgIpc) is 3.55. The topological polar surface area (TPSA) is 105 Å². The van der Waals surface area contributed by atoms with Crippen LogP contribution in [-0.2, 0) is 14.9 Å². The third-order valence-electron chi connectivity index (χ3n) is 10.1. The van der Waals surface area contributed by atoms with Crippen LogP contribution in [0.3, 0.4) is 0 Å². The zero-order valence-electron chi connectivity index (χ0n) is 27.6. The summed E-state index contributed by atoms with van der Waals surface area (Å²) in [4.78, 5) is 40.9. The van der Waals surface area contributed by atoms with Crippen molar-refractivity contribution in [3.8, 4) is 11.3 Å². The van der Waals surface area contributed by atoms with Crippen LogP contribution in [0.25, 0.3) is 22.3 Å². The number of aromatic nitrogens is 3. The molecule has 0 spiro atoms. The summed E-state index contributed by atoms with van der Waals surface area (Å²) in [5.41, 5.74) is 7.12. The Morgan fingerprint density at radius 2 is 1.80 bits per heavy atom. The van der Waals surface area contributed by atoms with Gasteiger partial charge in [0.1, 0.15) is 5.52 Å². The number of hydrogen-bond acceptors (Lipinski definition) is 7. The van der Waals surface area contributed by atoms with Crippen molar-refractivity contribution in [3.05, 3.63) is 65.5 Å². The van der Waals surface area contributed by atoms with E-state index in [-0.39, 0.29) is 23.9 Å². The number of amides is 2. The molecule has 2 aromatic heterocycles. The van der Waals surface area contributed by atoms with Gasteiger partial charge in [-0.3, -0.25) is 14.5 Å². The number of anilines is 3. The second-order valence-corrected chi connectivity index (χ2v) is 13.7. The van der Waals surface area contributed by atoms with Crippen molar-refractivity contribution in [2.45, 2.75) is 71.0 Å². The Labute approximate surface area is 270 Å². The van der Waals surface area contributed by atoms with Crippen LogP contribution in [-0.4, -0.2) is 76.7 Å². The Morgan fingerprint density at radius 3 is 2.52 bits per heavy atom. The summed E-state index contributed by atoms with van der Waals surface area (Å²) in [6.07, 6.45) is 3.81. The van der Waals surface area contributed by atoms with Crippen molar-refractivity contribution >= 4 is 40.0 Å². The van der Waals surface area contributed by atoms with E-state index in [1.165, 1.54) is 0 Å². The predicted octanol–water partition coefficient (Wildman–Crippen LogP) is 5.58. The molecule has 0 unspecified atom stereocenters. The predicted molar refractivity (Wildman–Crippen MR) is 181 cm³/mol. The molecule has 4 aromatic rings. The molecular weight excluding hydrogens is 578 g/mol. The summed E-state index contributed by atoms with van der Waals surface area (Å²) >= 11 is 0. The fourth-order valence-corrected chi connectivity index (χ4v) is 7.22. The highest BCUT2D eigenvalue weighted by Gasteiger charge is 2.50. The molecule has 0 radical (unpaired) electrons. The fourth-order valence-electron chi connectivity index (χ4n) is 7.22. The SMILES string of the molecule is CNC(=O)c1cc(Nc2nc(-c3ccc4c(c3)N(C3CC(N5CCOCC5)C3)C(=O)C4(C)C)cc3ncn(C(C)C)c23)ccc1C. The highest BCUT2D eigenvalue weighted by atomic mass is 16.5. The Morgan fingerprint density at radius 1 is 1.04 bits per heavy atom. The third kappa shape index (κ3) is 5.04. The van der Waals surface area contributed by atoms with Gasteiger partial charge in [0.2, 0.25) is 5.91 Å². The maximum absolute atomic E-state index is 13.9. The van der Waals surface area contributed by atoms with Gasteiger partial charge < -0.3 is 24.8 Å². The molecule has 1 saturated carbocycles. The molecule has 1 aliphatic carbocycles. The molecule has 2 amide bonds. The number of ether oxygens (including phenoxy) is 1. The van der Waals surface area contributed by atoms with Crippen LogP contribution in [0.2, 0.25) is 0 Å². The van der Waals surface area contributed by atoms with E-state index in [0.29, 0.717) is 17.4 Å². The number of carbonyl (C=O) groups excluding carboxylic acids is 2. The van der Waals surface area contributed by atoms with Crippen molar-refractivity contribution < 1.29 is 14.3 Å². The van der Waals surface area contributed by atoms with E-state index in [4.69, 9.17) is 14.7 Å². The molecule has 2 aliphatic heterocycles. The molecular formula is C36H43N7O3. The molecule has 1 saturated heterocycles. The molecule has 0 bridgehead atoms. The van der Waals surface area contributed by atoms with Gasteiger partial charge >= 0.3 is 0 Å². The smallest absolute Gasteiger partial charge is 0.251 e. The molecule has 10 nitrogen and oxygen atoms in total. The number of benzene rings is 2. The van der Waals surface area contributed by atoms with Crippen molar-refractivity contribution in [1.82, 2.24) is 24.8 Å². The highest BCUT2D eigenvalue weighted by molar-refractivity contribution is 6.09. The van der Waals surface area contributed by atoms with Gasteiger partial charge in [-0.2, -0.15) is 0 Å². The van der Waals surface area contributed by atoms with Crippen molar-refractivity contribution in [3.63, 3.8) is 0 Å². The standard InChI is InChI=1S/C36H43N7O3/c1-21(2)42-20-38-30-19-29(40-33(32(30)42)39-24-9-7-22(3)27(16-24)34(44)37-6)23-8-10-28-31(15-23)43(35(45)36(28,4)5)26-17-25(18-26)41-11-13-46-14-12-41/h7-10,15-16,19-21,25-26H,11-14,17-18H2,1-6H3,(H,37,44)(H,39,40). The minimum absolute atomic E-state index is 0.136. The fraction of sp³-hybridized carbons (Fsp3) is 0.444. The monoisotopic (exact) mass is 621 g/mol. The van der Waals surface area contributed by atoms with Crippen LogP contribution >= 0.6 is 0 Å². The summed E-state index contributed by atoms with van der Waals surface area (Å²) < 4.78 is 7.66. The molecule has 2 N–H and O–H groups in total. The van der Waals surface area contributed by atoms with E-state index in [0.717, 1.165) is 83.9 Å². The van der Waals surface area contributed by atoms with Crippen molar-refractivity contribution in [2.24, 2.45) is 0 Å². The Kier molecular flexibility index (Phi) is 7.60. The molecule has 4 heterocycles. The Balaban J connectivity index is 1.26. The maximum Gasteiger partial charge on any atom is 0.251 e. The van der Waals surface area contributed by atoms with E-state index in [1.54, 1.807) is 7.05 Å². The number of hydrogen-bond donors (Lipinski definition) is 2. The first kappa shape index (κ1) is 30.4. The molecule has 2 aromatic carbocycles. The summed E-state index contributed by atoms with van der Waals surface area (Å²) in [6.45, 7) is 13.7. The van der Waals surface area contributed by atoms with E-state index in [9.17, 15) is 9.59 Å². The number of carbonyl (C=O) groups is 2. The lowest BCUT2D eigenvalue weighted by atomic mass is 9.83. The van der Waals surface area contributed by atoms with Crippen molar-refractivity contribution in [1.29, 1.82) is 0 Å². The minimum Gasteiger partial charge on any atom is -0.379 e. The van der Waals surface area contributed by atoms with Crippen LogP contribution in [0, 0.1) is 6.92 Å². The normalized spacial score (nSPS) is 21.0. The van der Waals surface area contributed by atoms with Crippen LogP contribution in [0.4, 0.5) is 17.2 Å². The van der Waals surface area contributed by atoms with Crippen LogP contribution < -0.4 is 15.5 Å². The molecule has 7 rings (SSSR count). The van der Waals surface area contributed by atoms with Gasteiger partial charge in [-0.05, 0) is 82.9 Å². The molecule has 10 heteroatoms. The zero-order valence-corrected chi connectivity index (χ0v) is 27.6. The largest absolute Gasteiger partial charge is 0.379 e. The molecule has 2 fully saturated rings. The van der Waals surface area contributed by atoms with Gasteiger partial charge in [-0.1, -0.05) is 18.2 Å². The number of nitrogens with zero attached hydrogens (tertiary/aromatic N) is 5. The van der Waals surface area contributed by atoms with Gasteiger partial charge in [0.05, 0.1) is 36.2 Å². The molecule has 46 heavy (non-hydrogen) atoms. The third-order valence-corrected chi connectivity index (χ3v) is 10.1. The van der Waals surface area contributed by atoms with Crippen LogP contribution in [0.5, 0.6) is 0 Å². The van der Waals surface area contributed by atoms with E-state index in [2.05, 4.69) is 57.0 Å². The molecule has 240 valence electrons. The number of morpholine rings is 1. The first-order valence-corrected chi connectivity index (χ1v) is 16.3. The van der Waals surface area contributed by atoms with Gasteiger partial charge in [0, 0.05) is 60.8 Å². The maximum atomic E-state index is 13.9. The number of aryl methyl sites for hydroxylation is 1.